The molecule has 1 amide bonds. The molecule has 2 heterocycles. The summed E-state index contributed by atoms with van der Waals surface area (Å²) in [6.45, 7) is 7.12. The van der Waals surface area contributed by atoms with Gasteiger partial charge < -0.3 is 10.2 Å². The second-order valence-corrected chi connectivity index (χ2v) is 8.73. The number of nitrogens with one attached hydrogen (secondary N) is 1. The molecule has 2 aromatic carbocycles. The Hall–Kier alpha value is -2.08. The van der Waals surface area contributed by atoms with E-state index in [-0.39, 0.29) is 5.91 Å². The van der Waals surface area contributed by atoms with E-state index in [9.17, 15) is 4.79 Å². The molecule has 6 heteroatoms. The molecule has 0 bridgehead atoms. The van der Waals surface area contributed by atoms with Crippen LogP contribution in [0.25, 0.3) is 0 Å². The van der Waals surface area contributed by atoms with E-state index in [1.807, 2.05) is 18.2 Å². The van der Waals surface area contributed by atoms with Crippen LogP contribution in [0.3, 0.4) is 0 Å². The Morgan fingerprint density at radius 1 is 0.867 bits per heavy atom. The Morgan fingerprint density at radius 3 is 2.23 bits per heavy atom. The van der Waals surface area contributed by atoms with Crippen LogP contribution >= 0.6 is 11.6 Å². The molecule has 2 aliphatic heterocycles. The second-order valence-electron chi connectivity index (χ2n) is 8.32. The molecular weight excluding hydrogens is 396 g/mol. The van der Waals surface area contributed by atoms with Crippen LogP contribution in [0.15, 0.2) is 54.6 Å². The van der Waals surface area contributed by atoms with E-state index in [4.69, 9.17) is 11.6 Å². The zero-order chi connectivity index (χ0) is 20.8. The van der Waals surface area contributed by atoms with Crippen LogP contribution in [0.2, 0.25) is 5.02 Å². The fourth-order valence-electron chi connectivity index (χ4n) is 4.41. The zero-order valence-electron chi connectivity index (χ0n) is 17.5. The number of nitrogens with zero attached hydrogens (tertiary/aromatic N) is 3. The lowest BCUT2D eigenvalue weighted by molar-refractivity contribution is -0.123. The highest BCUT2D eigenvalue weighted by atomic mass is 35.5. The summed E-state index contributed by atoms with van der Waals surface area (Å²) in [4.78, 5) is 19.6. The number of halogens is 1. The van der Waals surface area contributed by atoms with Crippen LogP contribution in [0.5, 0.6) is 0 Å². The summed E-state index contributed by atoms with van der Waals surface area (Å²) in [6.07, 6.45) is 2.05. The minimum absolute atomic E-state index is 0.155. The fraction of sp³-hybridized carbons (Fsp3) is 0.458. The molecule has 0 radical (unpaired) electrons. The van der Waals surface area contributed by atoms with Crippen LogP contribution in [0.4, 0.5) is 5.69 Å². The molecule has 160 valence electrons. The third-order valence-electron chi connectivity index (χ3n) is 6.13. The summed E-state index contributed by atoms with van der Waals surface area (Å²) < 4.78 is 0. The third kappa shape index (κ3) is 5.75. The SMILES string of the molecule is O=C(CN1CCN(c2ccccc2Cl)CC1)NC1CCN(Cc2ccccc2)CC1. The van der Waals surface area contributed by atoms with Crippen molar-refractivity contribution in [1.82, 2.24) is 15.1 Å². The molecule has 2 aromatic rings. The van der Waals surface area contributed by atoms with Crippen molar-refractivity contribution >= 4 is 23.2 Å². The Bertz CT molecular complexity index is 815. The maximum absolute atomic E-state index is 12.6. The molecule has 4 rings (SSSR count). The van der Waals surface area contributed by atoms with Gasteiger partial charge >= 0.3 is 0 Å². The first-order valence-corrected chi connectivity index (χ1v) is 11.3. The van der Waals surface area contributed by atoms with Crippen molar-refractivity contribution in [3.05, 3.63) is 65.2 Å². The van der Waals surface area contributed by atoms with Gasteiger partial charge in [-0.15, -0.1) is 0 Å². The van der Waals surface area contributed by atoms with Gasteiger partial charge in [0.05, 0.1) is 17.3 Å². The Labute approximate surface area is 184 Å². The van der Waals surface area contributed by atoms with Gasteiger partial charge in [-0.2, -0.15) is 0 Å². The number of piperidine rings is 1. The summed E-state index contributed by atoms with van der Waals surface area (Å²) in [7, 11) is 0. The van der Waals surface area contributed by atoms with E-state index < -0.39 is 0 Å². The Kier molecular flexibility index (Phi) is 7.26. The Balaban J connectivity index is 1.16. The van der Waals surface area contributed by atoms with Gasteiger partial charge in [-0.05, 0) is 30.5 Å². The van der Waals surface area contributed by atoms with Gasteiger partial charge in [0.15, 0.2) is 0 Å². The van der Waals surface area contributed by atoms with Crippen LogP contribution in [0, 0.1) is 0 Å². The standard InChI is InChI=1S/C24H31ClN4O/c25-22-8-4-5-9-23(22)29-16-14-28(15-17-29)19-24(30)26-21-10-12-27(13-11-21)18-20-6-2-1-3-7-20/h1-9,21H,10-19H2,(H,26,30). The van der Waals surface area contributed by atoms with E-state index in [1.54, 1.807) is 0 Å². The molecule has 5 nitrogen and oxygen atoms in total. The van der Waals surface area contributed by atoms with Gasteiger partial charge in [0.2, 0.25) is 5.91 Å². The average molecular weight is 427 g/mol. The lowest BCUT2D eigenvalue weighted by atomic mass is 10.0. The van der Waals surface area contributed by atoms with E-state index in [0.717, 1.165) is 69.4 Å². The van der Waals surface area contributed by atoms with E-state index in [0.29, 0.717) is 12.6 Å². The fourth-order valence-corrected chi connectivity index (χ4v) is 4.66. The van der Waals surface area contributed by atoms with Crippen molar-refractivity contribution in [3.8, 4) is 0 Å². The van der Waals surface area contributed by atoms with Gasteiger partial charge in [0.25, 0.3) is 0 Å². The van der Waals surface area contributed by atoms with Gasteiger partial charge in [-0.25, -0.2) is 0 Å². The average Bonchev–Trinajstić information content (AvgIpc) is 2.77. The molecule has 0 aromatic heterocycles. The molecule has 0 unspecified atom stereocenters. The summed E-state index contributed by atoms with van der Waals surface area (Å²) >= 11 is 6.32. The minimum Gasteiger partial charge on any atom is -0.368 e. The monoisotopic (exact) mass is 426 g/mol. The maximum Gasteiger partial charge on any atom is 0.234 e. The normalized spacial score (nSPS) is 19.0. The highest BCUT2D eigenvalue weighted by Gasteiger charge is 2.23. The van der Waals surface area contributed by atoms with Crippen LogP contribution < -0.4 is 10.2 Å². The highest BCUT2D eigenvalue weighted by Crippen LogP contribution is 2.26. The number of piperazine rings is 1. The number of amides is 1. The number of likely N-dealkylation sites (tertiary alicyclic amines) is 1. The van der Waals surface area contributed by atoms with Crippen LogP contribution in [0.1, 0.15) is 18.4 Å². The lowest BCUT2D eigenvalue weighted by Gasteiger charge is -2.37. The highest BCUT2D eigenvalue weighted by molar-refractivity contribution is 6.33. The summed E-state index contributed by atoms with van der Waals surface area (Å²) in [5.74, 6) is 0.155. The molecule has 0 spiro atoms. The number of para-hydroxylation sites is 1. The zero-order valence-corrected chi connectivity index (χ0v) is 18.2. The number of carbonyl (C=O) groups is 1. The van der Waals surface area contributed by atoms with Crippen molar-refractivity contribution in [1.29, 1.82) is 0 Å². The molecule has 2 fully saturated rings. The number of hydrogen-bond acceptors (Lipinski definition) is 4. The Morgan fingerprint density at radius 2 is 1.53 bits per heavy atom. The van der Waals surface area contributed by atoms with Crippen LogP contribution in [-0.4, -0.2) is 67.6 Å². The van der Waals surface area contributed by atoms with Crippen molar-refractivity contribution in [3.63, 3.8) is 0 Å². The topological polar surface area (TPSA) is 38.8 Å². The quantitative estimate of drug-likeness (QED) is 0.769. The first-order chi connectivity index (χ1) is 14.7. The smallest absolute Gasteiger partial charge is 0.234 e. The van der Waals surface area contributed by atoms with Gasteiger partial charge in [0.1, 0.15) is 0 Å². The molecule has 2 aliphatic rings. The predicted octanol–water partition coefficient (Wildman–Crippen LogP) is 3.24. The lowest BCUT2D eigenvalue weighted by Crippen LogP contribution is -2.51. The van der Waals surface area contributed by atoms with Crippen LogP contribution in [-0.2, 0) is 11.3 Å². The molecule has 1 N–H and O–H groups in total. The summed E-state index contributed by atoms with van der Waals surface area (Å²) in [6, 6.07) is 18.9. The number of anilines is 1. The largest absolute Gasteiger partial charge is 0.368 e. The van der Waals surface area contributed by atoms with Crippen molar-refractivity contribution in [2.45, 2.75) is 25.4 Å². The molecule has 2 saturated heterocycles. The molecule has 0 atom stereocenters. The van der Waals surface area contributed by atoms with Gasteiger partial charge in [0, 0.05) is 51.9 Å². The summed E-state index contributed by atoms with van der Waals surface area (Å²) in [5.41, 5.74) is 2.45. The molecule has 30 heavy (non-hydrogen) atoms. The van der Waals surface area contributed by atoms with E-state index in [1.165, 1.54) is 5.56 Å². The van der Waals surface area contributed by atoms with E-state index >= 15 is 0 Å². The number of hydrogen-bond donors (Lipinski definition) is 1. The van der Waals surface area contributed by atoms with Crippen molar-refractivity contribution in [2.75, 3.05) is 50.7 Å². The first-order valence-electron chi connectivity index (χ1n) is 10.9. The third-order valence-corrected chi connectivity index (χ3v) is 6.45. The van der Waals surface area contributed by atoms with Gasteiger partial charge in [-0.1, -0.05) is 54.1 Å². The van der Waals surface area contributed by atoms with Gasteiger partial charge in [-0.3, -0.25) is 14.6 Å². The maximum atomic E-state index is 12.6. The second kappa shape index (κ2) is 10.3. The summed E-state index contributed by atoms with van der Waals surface area (Å²) in [5, 5.41) is 4.05. The first kappa shape index (κ1) is 21.2. The van der Waals surface area contributed by atoms with Crippen molar-refractivity contribution in [2.24, 2.45) is 0 Å². The minimum atomic E-state index is 0.155. The predicted molar refractivity (Wildman–Crippen MR) is 123 cm³/mol. The number of carbonyl (C=O) groups excluding carboxylic acids is 1. The number of benzene rings is 2. The van der Waals surface area contributed by atoms with Crippen molar-refractivity contribution < 1.29 is 4.79 Å². The van der Waals surface area contributed by atoms with E-state index in [2.05, 4.69) is 56.4 Å². The number of rotatable bonds is 6. The molecular formula is C24H31ClN4O. The molecule has 0 saturated carbocycles. The molecule has 0 aliphatic carbocycles.